The molecule has 2 heterocycles. The number of benzene rings is 2. The number of aryl methyl sites for hydroxylation is 2. The molecule has 0 unspecified atom stereocenters. The summed E-state index contributed by atoms with van der Waals surface area (Å²) in [6.45, 7) is 16.3. The van der Waals surface area contributed by atoms with Gasteiger partial charge in [0.2, 0.25) is 0 Å². The molecule has 0 amide bonds. The first kappa shape index (κ1) is 30.7. The van der Waals surface area contributed by atoms with Gasteiger partial charge in [-0.1, -0.05) is 121 Å². The van der Waals surface area contributed by atoms with E-state index in [1.54, 1.807) is 0 Å². The van der Waals surface area contributed by atoms with Crippen molar-refractivity contribution in [2.75, 3.05) is 0 Å². The van der Waals surface area contributed by atoms with Crippen molar-refractivity contribution in [3.8, 4) is 22.4 Å². The molecule has 4 aromatic rings. The molecule has 2 heteroatoms. The molecule has 2 aromatic carbocycles. The van der Waals surface area contributed by atoms with Crippen molar-refractivity contribution in [2.45, 2.75) is 68.2 Å². The summed E-state index contributed by atoms with van der Waals surface area (Å²) in [5, 5.41) is 0. The van der Waals surface area contributed by atoms with E-state index in [1.807, 2.05) is 90.5 Å². The number of hydrogen-bond donors (Lipinski definition) is 0. The number of hydrogen-bond acceptors (Lipinski definition) is 2. The molecule has 0 saturated carbocycles. The highest BCUT2D eigenvalue weighted by atomic mass is 14.7. The fraction of sp³-hybridized carbons (Fsp3) is 0.312. The zero-order valence-electron chi connectivity index (χ0n) is 22.5. The molecule has 34 heavy (non-hydrogen) atoms. The predicted octanol–water partition coefficient (Wildman–Crippen LogP) is 9.84. The topological polar surface area (TPSA) is 25.8 Å². The van der Waals surface area contributed by atoms with Gasteiger partial charge in [0.1, 0.15) is 0 Å². The molecule has 182 valence electrons. The first-order valence-corrected chi connectivity index (χ1v) is 12.7. The van der Waals surface area contributed by atoms with Crippen LogP contribution in [0.25, 0.3) is 22.4 Å². The van der Waals surface area contributed by atoms with Crippen molar-refractivity contribution in [3.05, 3.63) is 109 Å². The Morgan fingerprint density at radius 1 is 0.588 bits per heavy atom. The molecule has 2 aromatic heterocycles. The molecule has 0 aliphatic carbocycles. The van der Waals surface area contributed by atoms with E-state index in [1.165, 1.54) is 34.2 Å². The van der Waals surface area contributed by atoms with Crippen molar-refractivity contribution in [3.63, 3.8) is 0 Å². The smallest absolute Gasteiger partial charge is 0.0702 e. The van der Waals surface area contributed by atoms with Gasteiger partial charge in [-0.2, -0.15) is 0 Å². The second kappa shape index (κ2) is 20.4. The van der Waals surface area contributed by atoms with E-state index in [-0.39, 0.29) is 0 Å². The second-order valence-electron chi connectivity index (χ2n) is 6.77. The second-order valence-corrected chi connectivity index (χ2v) is 6.77. The number of nitrogens with zero attached hydrogens (tertiary/aromatic N) is 2. The Labute approximate surface area is 209 Å². The van der Waals surface area contributed by atoms with Crippen LogP contribution in [-0.2, 0) is 6.42 Å². The lowest BCUT2D eigenvalue weighted by Gasteiger charge is -2.02. The van der Waals surface area contributed by atoms with Gasteiger partial charge in [0, 0.05) is 24.2 Å². The Bertz CT molecular complexity index is 945. The summed E-state index contributed by atoms with van der Waals surface area (Å²) >= 11 is 0. The van der Waals surface area contributed by atoms with Gasteiger partial charge < -0.3 is 0 Å². The van der Waals surface area contributed by atoms with Crippen LogP contribution in [0.3, 0.4) is 0 Å². The fourth-order valence-corrected chi connectivity index (χ4v) is 2.93. The van der Waals surface area contributed by atoms with E-state index in [2.05, 4.69) is 72.3 Å². The molecule has 0 radical (unpaired) electrons. The molecule has 0 saturated heterocycles. The molecule has 0 bridgehead atoms. The first-order chi connectivity index (χ1) is 16.8. The lowest BCUT2D eigenvalue weighted by molar-refractivity contribution is 0.914. The molecule has 0 spiro atoms. The van der Waals surface area contributed by atoms with Crippen LogP contribution in [0.1, 0.15) is 66.0 Å². The van der Waals surface area contributed by atoms with Crippen molar-refractivity contribution < 1.29 is 0 Å². The Kier molecular flexibility index (Phi) is 18.4. The Hall–Kier alpha value is -3.26. The monoisotopic (exact) mass is 456 g/mol. The molecule has 0 aliphatic heterocycles. The first-order valence-electron chi connectivity index (χ1n) is 12.7. The number of rotatable bonds is 4. The van der Waals surface area contributed by atoms with Gasteiger partial charge in [-0.3, -0.25) is 9.97 Å². The molecule has 2 nitrogen and oxygen atoms in total. The van der Waals surface area contributed by atoms with Crippen LogP contribution >= 0.6 is 0 Å². The zero-order chi connectivity index (χ0) is 25.6. The highest BCUT2D eigenvalue weighted by molar-refractivity contribution is 5.62. The van der Waals surface area contributed by atoms with Crippen molar-refractivity contribution in [1.82, 2.24) is 9.97 Å². The summed E-state index contributed by atoms with van der Waals surface area (Å²) in [5.41, 5.74) is 7.30. The maximum Gasteiger partial charge on any atom is 0.0702 e. The van der Waals surface area contributed by atoms with Gasteiger partial charge in [-0.25, -0.2) is 0 Å². The highest BCUT2D eigenvalue weighted by Gasteiger charge is 1.98. The highest BCUT2D eigenvalue weighted by Crippen LogP contribution is 2.18. The average Bonchev–Trinajstić information content (AvgIpc) is 2.94. The summed E-state index contributed by atoms with van der Waals surface area (Å²) in [4.78, 5) is 8.46. The van der Waals surface area contributed by atoms with Gasteiger partial charge in [0.05, 0.1) is 5.69 Å². The summed E-state index contributed by atoms with van der Waals surface area (Å²) in [7, 11) is 0. The quantitative estimate of drug-likeness (QED) is 0.305. The van der Waals surface area contributed by atoms with Gasteiger partial charge in [-0.05, 0) is 48.2 Å². The van der Waals surface area contributed by atoms with Crippen molar-refractivity contribution >= 4 is 0 Å². The lowest BCUT2D eigenvalue weighted by atomic mass is 10.1. The molecule has 0 aliphatic rings. The van der Waals surface area contributed by atoms with Crippen molar-refractivity contribution in [2.24, 2.45) is 0 Å². The third-order valence-electron chi connectivity index (χ3n) is 4.50. The summed E-state index contributed by atoms with van der Waals surface area (Å²) in [6, 6.07) is 27.1. The molecule has 0 fully saturated rings. The minimum atomic E-state index is 1.05. The standard InChI is InChI=1S/C14H15N.C12H11N.3C2H6/c1-2-6-12-9-10-14(15-11-12)13-7-4-3-5-8-13;1-10-2-4-11(5-3-10)12-6-8-13-9-7-12;3*1-2/h3-5,7-11H,2,6H2,1H3;2-9H,1H3;3*1-2H3. The van der Waals surface area contributed by atoms with Crippen LogP contribution in [0.4, 0.5) is 0 Å². The van der Waals surface area contributed by atoms with E-state index >= 15 is 0 Å². The molecular weight excluding hydrogens is 412 g/mol. The number of aromatic nitrogens is 2. The van der Waals surface area contributed by atoms with Crippen LogP contribution < -0.4 is 0 Å². The molecule has 0 atom stereocenters. The molecule has 0 N–H and O–H groups in total. The van der Waals surface area contributed by atoms with E-state index in [4.69, 9.17) is 0 Å². The number of pyridine rings is 2. The minimum Gasteiger partial charge on any atom is -0.265 e. The Morgan fingerprint density at radius 2 is 1.15 bits per heavy atom. The van der Waals surface area contributed by atoms with E-state index in [9.17, 15) is 0 Å². The average molecular weight is 457 g/mol. The van der Waals surface area contributed by atoms with Gasteiger partial charge in [0.15, 0.2) is 0 Å². The van der Waals surface area contributed by atoms with Crippen LogP contribution in [-0.4, -0.2) is 9.97 Å². The molecule has 4 rings (SSSR count). The third kappa shape index (κ3) is 11.6. The van der Waals surface area contributed by atoms with Crippen LogP contribution in [0.2, 0.25) is 0 Å². The normalized spacial score (nSPS) is 8.82. The summed E-state index contributed by atoms with van der Waals surface area (Å²) in [6.07, 6.45) is 7.89. The van der Waals surface area contributed by atoms with Crippen LogP contribution in [0.5, 0.6) is 0 Å². The van der Waals surface area contributed by atoms with Gasteiger partial charge >= 0.3 is 0 Å². The van der Waals surface area contributed by atoms with Gasteiger partial charge in [0.25, 0.3) is 0 Å². The van der Waals surface area contributed by atoms with E-state index in [0.717, 1.165) is 12.1 Å². The minimum absolute atomic E-state index is 1.05. The van der Waals surface area contributed by atoms with Crippen LogP contribution in [0.15, 0.2) is 97.5 Å². The lowest BCUT2D eigenvalue weighted by Crippen LogP contribution is -1.87. The van der Waals surface area contributed by atoms with Gasteiger partial charge in [-0.15, -0.1) is 0 Å². The van der Waals surface area contributed by atoms with E-state index < -0.39 is 0 Å². The maximum atomic E-state index is 4.47. The maximum absolute atomic E-state index is 4.47. The fourth-order valence-electron chi connectivity index (χ4n) is 2.93. The summed E-state index contributed by atoms with van der Waals surface area (Å²) in [5.74, 6) is 0. The van der Waals surface area contributed by atoms with Crippen molar-refractivity contribution in [1.29, 1.82) is 0 Å². The van der Waals surface area contributed by atoms with E-state index in [0.29, 0.717) is 0 Å². The SMILES string of the molecule is CC.CC.CC.CCCc1ccc(-c2ccccc2)nc1.Cc1ccc(-c2ccncc2)cc1. The largest absolute Gasteiger partial charge is 0.265 e. The molecular formula is C32H44N2. The van der Waals surface area contributed by atoms with Crippen LogP contribution in [0, 0.1) is 6.92 Å². The predicted molar refractivity (Wildman–Crippen MR) is 152 cm³/mol. The Morgan fingerprint density at radius 3 is 1.65 bits per heavy atom. The zero-order valence-corrected chi connectivity index (χ0v) is 22.5. The Balaban J connectivity index is 0.000000529. The third-order valence-corrected chi connectivity index (χ3v) is 4.50. The summed E-state index contributed by atoms with van der Waals surface area (Å²) < 4.78 is 0.